The Labute approximate surface area is 190 Å². The first kappa shape index (κ1) is 19.6. The number of nitrogens with zero attached hydrogens (tertiary/aromatic N) is 6. The molecule has 2 aromatic heterocycles. The van der Waals surface area contributed by atoms with E-state index in [0.29, 0.717) is 46.3 Å². The lowest BCUT2D eigenvalue weighted by atomic mass is 9.98. The van der Waals surface area contributed by atoms with Crippen LogP contribution in [0.1, 0.15) is 44.2 Å². The summed E-state index contributed by atoms with van der Waals surface area (Å²) in [7, 11) is 0. The average molecular weight is 446 g/mol. The first-order valence-electron chi connectivity index (χ1n) is 11.1. The van der Waals surface area contributed by atoms with Crippen molar-refractivity contribution in [2.75, 3.05) is 4.90 Å². The molecule has 6 rings (SSSR count). The lowest BCUT2D eigenvalue weighted by molar-refractivity contribution is 0.343. The van der Waals surface area contributed by atoms with E-state index in [-0.39, 0.29) is 5.75 Å². The van der Waals surface area contributed by atoms with Gasteiger partial charge >= 0.3 is 0 Å². The second-order valence-corrected chi connectivity index (χ2v) is 9.78. The van der Waals surface area contributed by atoms with Crippen LogP contribution in [0.3, 0.4) is 0 Å². The van der Waals surface area contributed by atoms with Crippen molar-refractivity contribution >= 4 is 17.2 Å². The normalized spacial score (nSPS) is 24.3. The lowest BCUT2D eigenvalue weighted by Gasteiger charge is -2.38. The van der Waals surface area contributed by atoms with E-state index in [1.54, 1.807) is 23.7 Å². The van der Waals surface area contributed by atoms with Gasteiger partial charge in [0.15, 0.2) is 17.3 Å². The van der Waals surface area contributed by atoms with Gasteiger partial charge in [-0.1, -0.05) is 6.07 Å². The van der Waals surface area contributed by atoms with E-state index in [4.69, 9.17) is 5.26 Å². The summed E-state index contributed by atoms with van der Waals surface area (Å²) in [4.78, 5) is 11.3. The van der Waals surface area contributed by atoms with Crippen molar-refractivity contribution in [3.05, 3.63) is 35.5 Å². The Kier molecular flexibility index (Phi) is 4.77. The van der Waals surface area contributed by atoms with Crippen LogP contribution in [0.15, 0.2) is 29.8 Å². The van der Waals surface area contributed by atoms with Crippen molar-refractivity contribution in [1.29, 1.82) is 5.26 Å². The SMILES string of the molecule is N#Cc1csc(-c2ccc(-c3ncc(N(C4CC4)C4C[C@H]5CC[C@@H](C4)N5)nn3)c(O)c2)n1. The van der Waals surface area contributed by atoms with Crippen molar-refractivity contribution < 1.29 is 5.11 Å². The highest BCUT2D eigenvalue weighted by atomic mass is 32.1. The van der Waals surface area contributed by atoms with Crippen molar-refractivity contribution in [2.24, 2.45) is 0 Å². The number of nitriles is 1. The van der Waals surface area contributed by atoms with E-state index >= 15 is 0 Å². The summed E-state index contributed by atoms with van der Waals surface area (Å²) in [5.41, 5.74) is 1.66. The Bertz CT molecular complexity index is 1170. The first-order chi connectivity index (χ1) is 15.7. The Morgan fingerprint density at radius 1 is 1.09 bits per heavy atom. The van der Waals surface area contributed by atoms with Gasteiger partial charge in [-0.25, -0.2) is 9.97 Å². The molecule has 0 amide bonds. The molecule has 1 aromatic carbocycles. The van der Waals surface area contributed by atoms with Gasteiger partial charge in [0.2, 0.25) is 0 Å². The summed E-state index contributed by atoms with van der Waals surface area (Å²) in [6, 6.07) is 9.58. The summed E-state index contributed by atoms with van der Waals surface area (Å²) in [6.45, 7) is 0. The number of hydrogen-bond acceptors (Lipinski definition) is 9. The number of hydrogen-bond donors (Lipinski definition) is 2. The zero-order chi connectivity index (χ0) is 21.7. The number of aromatic hydroxyl groups is 1. The first-order valence-corrected chi connectivity index (χ1v) is 12.0. The molecule has 3 atom stereocenters. The maximum Gasteiger partial charge on any atom is 0.185 e. The van der Waals surface area contributed by atoms with Gasteiger partial charge in [-0.05, 0) is 50.7 Å². The molecule has 1 saturated carbocycles. The Morgan fingerprint density at radius 3 is 2.53 bits per heavy atom. The fraction of sp³-hybridized carbons (Fsp3) is 0.435. The largest absolute Gasteiger partial charge is 0.507 e. The topological polar surface area (TPSA) is 111 Å². The van der Waals surface area contributed by atoms with Gasteiger partial charge in [-0.2, -0.15) is 5.26 Å². The molecule has 162 valence electrons. The van der Waals surface area contributed by atoms with Crippen LogP contribution in [0.5, 0.6) is 5.75 Å². The maximum absolute atomic E-state index is 10.6. The van der Waals surface area contributed by atoms with Crippen LogP contribution < -0.4 is 10.2 Å². The van der Waals surface area contributed by atoms with Crippen LogP contribution in [-0.4, -0.2) is 49.4 Å². The zero-order valence-corrected chi connectivity index (χ0v) is 18.3. The van der Waals surface area contributed by atoms with Crippen LogP contribution in [0.25, 0.3) is 22.0 Å². The van der Waals surface area contributed by atoms with E-state index in [9.17, 15) is 5.11 Å². The molecular weight excluding hydrogens is 422 g/mol. The second-order valence-electron chi connectivity index (χ2n) is 8.92. The van der Waals surface area contributed by atoms with E-state index < -0.39 is 0 Å². The summed E-state index contributed by atoms with van der Waals surface area (Å²) >= 11 is 1.37. The van der Waals surface area contributed by atoms with Crippen molar-refractivity contribution in [3.8, 4) is 33.8 Å². The number of phenolic OH excluding ortho intramolecular Hbond substituents is 1. The van der Waals surface area contributed by atoms with Gasteiger partial charge in [0.25, 0.3) is 0 Å². The summed E-state index contributed by atoms with van der Waals surface area (Å²) in [5, 5.41) is 34.6. The van der Waals surface area contributed by atoms with E-state index in [0.717, 1.165) is 24.2 Å². The molecule has 32 heavy (non-hydrogen) atoms. The Balaban J connectivity index is 1.24. The molecule has 0 spiro atoms. The van der Waals surface area contributed by atoms with Crippen LogP contribution >= 0.6 is 11.3 Å². The van der Waals surface area contributed by atoms with Crippen molar-refractivity contribution in [3.63, 3.8) is 0 Å². The molecule has 3 aromatic rings. The smallest absolute Gasteiger partial charge is 0.185 e. The molecule has 1 unspecified atom stereocenters. The van der Waals surface area contributed by atoms with Crippen LogP contribution in [-0.2, 0) is 0 Å². The number of nitrogens with one attached hydrogen (secondary N) is 1. The third-order valence-electron chi connectivity index (χ3n) is 6.70. The molecule has 2 aliphatic heterocycles. The number of phenols is 1. The summed E-state index contributed by atoms with van der Waals surface area (Å²) < 4.78 is 0. The third kappa shape index (κ3) is 3.59. The highest BCUT2D eigenvalue weighted by Crippen LogP contribution is 2.39. The van der Waals surface area contributed by atoms with Gasteiger partial charge in [0.1, 0.15) is 16.8 Å². The van der Waals surface area contributed by atoms with Crippen molar-refractivity contribution in [1.82, 2.24) is 25.5 Å². The number of piperidine rings is 1. The number of fused-ring (bicyclic) bond motifs is 2. The molecule has 9 heteroatoms. The van der Waals surface area contributed by atoms with Gasteiger partial charge in [-0.3, -0.25) is 0 Å². The van der Waals surface area contributed by atoms with Crippen LogP contribution in [0.4, 0.5) is 5.82 Å². The number of aromatic nitrogens is 4. The number of anilines is 1. The molecule has 3 fully saturated rings. The molecule has 2 bridgehead atoms. The van der Waals surface area contributed by atoms with Crippen molar-refractivity contribution in [2.45, 2.75) is 62.7 Å². The minimum Gasteiger partial charge on any atom is -0.507 e. The van der Waals surface area contributed by atoms with Crippen LogP contribution in [0, 0.1) is 11.3 Å². The minimum atomic E-state index is 0.0692. The Hall–Kier alpha value is -3.09. The fourth-order valence-electron chi connectivity index (χ4n) is 5.10. The molecule has 2 N–H and O–H groups in total. The molecule has 8 nitrogen and oxygen atoms in total. The number of rotatable bonds is 5. The molecule has 4 heterocycles. The average Bonchev–Trinajstić information content (AvgIpc) is 3.41. The number of thiazole rings is 1. The second kappa shape index (κ2) is 7.80. The maximum atomic E-state index is 10.6. The molecular formula is C23H23N7OS. The van der Waals surface area contributed by atoms with Gasteiger partial charge in [0.05, 0.1) is 11.8 Å². The lowest BCUT2D eigenvalue weighted by Crippen LogP contribution is -2.49. The zero-order valence-electron chi connectivity index (χ0n) is 17.5. The molecule has 0 radical (unpaired) electrons. The third-order valence-corrected chi connectivity index (χ3v) is 7.59. The number of benzene rings is 1. The van der Waals surface area contributed by atoms with Crippen LogP contribution in [0.2, 0.25) is 0 Å². The van der Waals surface area contributed by atoms with E-state index in [1.165, 1.54) is 37.0 Å². The highest BCUT2D eigenvalue weighted by Gasteiger charge is 2.41. The molecule has 1 aliphatic carbocycles. The van der Waals surface area contributed by atoms with E-state index in [2.05, 4.69) is 30.4 Å². The molecule has 3 aliphatic rings. The van der Waals surface area contributed by atoms with E-state index in [1.807, 2.05) is 12.1 Å². The predicted molar refractivity (Wildman–Crippen MR) is 121 cm³/mol. The predicted octanol–water partition coefficient (Wildman–Crippen LogP) is 3.49. The fourth-order valence-corrected chi connectivity index (χ4v) is 5.84. The Morgan fingerprint density at radius 2 is 1.91 bits per heavy atom. The highest BCUT2D eigenvalue weighted by molar-refractivity contribution is 7.13. The van der Waals surface area contributed by atoms with Gasteiger partial charge in [0, 0.05) is 35.1 Å². The van der Waals surface area contributed by atoms with Gasteiger partial charge in [-0.15, -0.1) is 21.5 Å². The quantitative estimate of drug-likeness (QED) is 0.614. The van der Waals surface area contributed by atoms with Gasteiger partial charge < -0.3 is 15.3 Å². The molecule has 2 saturated heterocycles. The minimum absolute atomic E-state index is 0.0692. The summed E-state index contributed by atoms with van der Waals surface area (Å²) in [6.07, 6.45) is 9.07. The monoisotopic (exact) mass is 445 g/mol. The summed E-state index contributed by atoms with van der Waals surface area (Å²) in [5.74, 6) is 1.31. The standard InChI is InChI=1S/C23H23N7OS/c24-10-16-12-32-23(27-16)13-1-6-19(20(31)7-13)22-25-11-21(28-29-22)30(17-4-5-17)18-8-14-2-3-15(9-18)26-14/h1,6-7,11-12,14-15,17-18,26,31H,2-5,8-9H2/t14-,15+,18?.